The van der Waals surface area contributed by atoms with Gasteiger partial charge in [-0.05, 0) is 25.1 Å². The molecule has 0 radical (unpaired) electrons. The molecule has 0 saturated heterocycles. The molecule has 0 bridgehead atoms. The van der Waals surface area contributed by atoms with E-state index in [2.05, 4.69) is 42.0 Å². The van der Waals surface area contributed by atoms with E-state index in [9.17, 15) is 0 Å². The molecular formula is C11H12NS+. The number of hydrogen-bond donors (Lipinski definition) is 0. The minimum Gasteiger partial charge on any atom is -0.207 e. The second-order valence-electron chi connectivity index (χ2n) is 3.17. The standard InChI is InChI=1S/C11H12NS/c1-9-5-6-11(13-9)10-4-3-7-12(2)8-10/h3-8H,1-2H3/q+1. The Hall–Kier alpha value is -1.15. The molecule has 0 atom stereocenters. The fourth-order valence-corrected chi connectivity index (χ4v) is 2.18. The summed E-state index contributed by atoms with van der Waals surface area (Å²) in [5, 5.41) is 0. The van der Waals surface area contributed by atoms with E-state index in [1.807, 2.05) is 24.6 Å². The van der Waals surface area contributed by atoms with E-state index in [-0.39, 0.29) is 0 Å². The minimum absolute atomic E-state index is 1.29. The van der Waals surface area contributed by atoms with Crippen molar-refractivity contribution in [2.24, 2.45) is 7.05 Å². The lowest BCUT2D eigenvalue weighted by Gasteiger charge is -1.93. The summed E-state index contributed by atoms with van der Waals surface area (Å²) in [5.41, 5.74) is 1.29. The summed E-state index contributed by atoms with van der Waals surface area (Å²) in [4.78, 5) is 2.70. The lowest BCUT2D eigenvalue weighted by atomic mass is 10.2. The molecule has 1 nitrogen and oxygen atoms in total. The molecule has 0 aliphatic carbocycles. The molecule has 0 spiro atoms. The molecule has 0 saturated carbocycles. The van der Waals surface area contributed by atoms with Crippen molar-refractivity contribution >= 4 is 11.3 Å². The van der Waals surface area contributed by atoms with Gasteiger partial charge in [0.05, 0.1) is 5.56 Å². The van der Waals surface area contributed by atoms with Gasteiger partial charge in [-0.3, -0.25) is 0 Å². The van der Waals surface area contributed by atoms with Crippen molar-refractivity contribution in [3.8, 4) is 10.4 Å². The fourth-order valence-electron chi connectivity index (χ4n) is 1.32. The SMILES string of the molecule is Cc1ccc(-c2ccc[n+](C)c2)s1. The third-order valence-corrected chi connectivity index (χ3v) is 3.01. The van der Waals surface area contributed by atoms with Crippen molar-refractivity contribution in [2.75, 3.05) is 0 Å². The zero-order valence-electron chi connectivity index (χ0n) is 7.82. The van der Waals surface area contributed by atoms with Crippen LogP contribution in [0.25, 0.3) is 10.4 Å². The monoisotopic (exact) mass is 190 g/mol. The molecular weight excluding hydrogens is 178 g/mol. The molecule has 0 aliphatic rings. The Morgan fingerprint density at radius 2 is 2.08 bits per heavy atom. The van der Waals surface area contributed by atoms with Crippen molar-refractivity contribution < 1.29 is 4.57 Å². The maximum atomic E-state index is 2.18. The molecule has 0 unspecified atom stereocenters. The van der Waals surface area contributed by atoms with Gasteiger partial charge in [-0.25, -0.2) is 4.57 Å². The molecule has 2 heteroatoms. The molecule has 66 valence electrons. The molecule has 2 rings (SSSR count). The zero-order chi connectivity index (χ0) is 9.26. The van der Waals surface area contributed by atoms with E-state index in [1.54, 1.807) is 0 Å². The first-order chi connectivity index (χ1) is 6.25. The lowest BCUT2D eigenvalue weighted by molar-refractivity contribution is -0.671. The Labute approximate surface area is 82.3 Å². The Balaban J connectivity index is 2.46. The number of aromatic nitrogens is 1. The van der Waals surface area contributed by atoms with Crippen LogP contribution in [0.1, 0.15) is 4.88 Å². The van der Waals surface area contributed by atoms with Crippen LogP contribution >= 0.6 is 11.3 Å². The van der Waals surface area contributed by atoms with Crippen LogP contribution in [0.2, 0.25) is 0 Å². The second kappa shape index (κ2) is 3.30. The smallest absolute Gasteiger partial charge is 0.177 e. The summed E-state index contributed by atoms with van der Waals surface area (Å²) < 4.78 is 2.07. The number of pyridine rings is 1. The van der Waals surface area contributed by atoms with Gasteiger partial charge in [0.25, 0.3) is 0 Å². The first kappa shape index (κ1) is 8.45. The summed E-state index contributed by atoms with van der Waals surface area (Å²) in [7, 11) is 2.05. The molecule has 2 aromatic rings. The molecule has 2 heterocycles. The van der Waals surface area contributed by atoms with Crippen molar-refractivity contribution in [3.63, 3.8) is 0 Å². The van der Waals surface area contributed by atoms with Gasteiger partial charge < -0.3 is 0 Å². The summed E-state index contributed by atoms with van der Waals surface area (Å²) in [6, 6.07) is 8.55. The Morgan fingerprint density at radius 3 is 2.69 bits per heavy atom. The highest BCUT2D eigenvalue weighted by atomic mass is 32.1. The van der Waals surface area contributed by atoms with E-state index in [0.29, 0.717) is 0 Å². The zero-order valence-corrected chi connectivity index (χ0v) is 8.64. The molecule has 0 aromatic carbocycles. The number of nitrogens with zero attached hydrogens (tertiary/aromatic N) is 1. The van der Waals surface area contributed by atoms with Gasteiger partial charge in [-0.2, -0.15) is 0 Å². The van der Waals surface area contributed by atoms with Crippen molar-refractivity contribution in [2.45, 2.75) is 6.92 Å². The summed E-state index contributed by atoms with van der Waals surface area (Å²) >= 11 is 1.84. The first-order valence-electron chi connectivity index (χ1n) is 4.28. The average molecular weight is 190 g/mol. The van der Waals surface area contributed by atoms with E-state index in [0.717, 1.165) is 0 Å². The number of aryl methyl sites for hydroxylation is 2. The van der Waals surface area contributed by atoms with Crippen LogP contribution < -0.4 is 4.57 Å². The number of thiophene rings is 1. The highest BCUT2D eigenvalue weighted by molar-refractivity contribution is 7.15. The van der Waals surface area contributed by atoms with E-state index >= 15 is 0 Å². The van der Waals surface area contributed by atoms with Gasteiger partial charge in [0.2, 0.25) is 0 Å². The van der Waals surface area contributed by atoms with Crippen molar-refractivity contribution in [1.82, 2.24) is 0 Å². The quantitative estimate of drug-likeness (QED) is 0.608. The van der Waals surface area contributed by atoms with Crippen LogP contribution in [0.15, 0.2) is 36.7 Å². The van der Waals surface area contributed by atoms with Crippen molar-refractivity contribution in [3.05, 3.63) is 41.5 Å². The molecule has 0 N–H and O–H groups in total. The average Bonchev–Trinajstić information content (AvgIpc) is 2.52. The topological polar surface area (TPSA) is 3.88 Å². The van der Waals surface area contributed by atoms with Gasteiger partial charge in [-0.1, -0.05) is 0 Å². The third kappa shape index (κ3) is 1.78. The second-order valence-corrected chi connectivity index (χ2v) is 4.46. The molecule has 0 amide bonds. The van der Waals surface area contributed by atoms with Crippen LogP contribution in [-0.2, 0) is 7.05 Å². The van der Waals surface area contributed by atoms with Crippen LogP contribution in [0.4, 0.5) is 0 Å². The molecule has 0 aliphatic heterocycles. The van der Waals surface area contributed by atoms with Crippen LogP contribution in [0, 0.1) is 6.92 Å². The Kier molecular flexibility index (Phi) is 2.15. The first-order valence-corrected chi connectivity index (χ1v) is 5.09. The summed E-state index contributed by atoms with van der Waals surface area (Å²) in [6.45, 7) is 2.14. The molecule has 13 heavy (non-hydrogen) atoms. The van der Waals surface area contributed by atoms with Gasteiger partial charge in [0, 0.05) is 15.8 Å². The number of hydrogen-bond acceptors (Lipinski definition) is 1. The highest BCUT2D eigenvalue weighted by Crippen LogP contribution is 2.25. The van der Waals surface area contributed by atoms with Crippen molar-refractivity contribution in [1.29, 1.82) is 0 Å². The summed E-state index contributed by atoms with van der Waals surface area (Å²) in [5.74, 6) is 0. The largest absolute Gasteiger partial charge is 0.207 e. The molecule has 0 fully saturated rings. The number of rotatable bonds is 1. The molecule has 2 aromatic heterocycles. The van der Waals surface area contributed by atoms with Crippen LogP contribution in [-0.4, -0.2) is 0 Å². The maximum Gasteiger partial charge on any atom is 0.177 e. The third-order valence-electron chi connectivity index (χ3n) is 1.96. The Morgan fingerprint density at radius 1 is 1.23 bits per heavy atom. The van der Waals surface area contributed by atoms with E-state index in [1.165, 1.54) is 15.3 Å². The summed E-state index contributed by atoms with van der Waals surface area (Å²) in [6.07, 6.45) is 4.19. The Bertz CT molecular complexity index is 418. The van der Waals surface area contributed by atoms with Gasteiger partial charge in [0.15, 0.2) is 12.4 Å². The van der Waals surface area contributed by atoms with E-state index < -0.39 is 0 Å². The maximum absolute atomic E-state index is 2.18. The van der Waals surface area contributed by atoms with Crippen LogP contribution in [0.3, 0.4) is 0 Å². The predicted octanol–water partition coefficient (Wildman–Crippen LogP) is 2.55. The van der Waals surface area contributed by atoms with Gasteiger partial charge >= 0.3 is 0 Å². The van der Waals surface area contributed by atoms with Gasteiger partial charge in [0.1, 0.15) is 7.05 Å². The fraction of sp³-hybridized carbons (Fsp3) is 0.182. The van der Waals surface area contributed by atoms with E-state index in [4.69, 9.17) is 0 Å². The lowest BCUT2D eigenvalue weighted by Crippen LogP contribution is -2.26. The predicted molar refractivity (Wildman–Crippen MR) is 55.7 cm³/mol. The highest BCUT2D eigenvalue weighted by Gasteiger charge is 2.03. The normalized spacial score (nSPS) is 10.3. The van der Waals surface area contributed by atoms with Gasteiger partial charge in [-0.15, -0.1) is 11.3 Å². The van der Waals surface area contributed by atoms with Crippen LogP contribution in [0.5, 0.6) is 0 Å². The minimum atomic E-state index is 1.29.